The summed E-state index contributed by atoms with van der Waals surface area (Å²) < 4.78 is 6.55. The molecule has 0 amide bonds. The van der Waals surface area contributed by atoms with E-state index in [1.54, 1.807) is 11.7 Å². The molecule has 0 atom stereocenters. The molecule has 3 rings (SSSR count). The number of aryl methyl sites for hydroxylation is 1. The molecule has 2 N–H and O–H groups in total. The Bertz CT molecular complexity index is 941. The number of nitrogens with zero attached hydrogens (tertiary/aromatic N) is 2. The van der Waals surface area contributed by atoms with E-state index in [1.807, 2.05) is 31.2 Å². The van der Waals surface area contributed by atoms with Crippen LogP contribution in [-0.4, -0.2) is 45.0 Å². The van der Waals surface area contributed by atoms with E-state index in [9.17, 15) is 9.59 Å². The smallest absolute Gasteiger partial charge is 0.343 e. The summed E-state index contributed by atoms with van der Waals surface area (Å²) in [7, 11) is 1.62. The molecule has 0 aliphatic heterocycles. The molecule has 8 heteroatoms. The standard InChI is InChI=1S/C17H20N4O3S/c1-11-15(12-6-3-4-7-13(12)18-11)14(22)10-25-17-20-19-16(23)21(17)8-5-9-24-2/h3-4,6-7,18H,5,8-10H2,1-2H3,(H,19,23). The molecular weight excluding hydrogens is 340 g/mol. The van der Waals surface area contributed by atoms with Gasteiger partial charge in [0.2, 0.25) is 0 Å². The molecule has 0 bridgehead atoms. The van der Waals surface area contributed by atoms with Gasteiger partial charge in [0.25, 0.3) is 0 Å². The van der Waals surface area contributed by atoms with Gasteiger partial charge in [-0.15, -0.1) is 5.10 Å². The number of ether oxygens (including phenoxy) is 1. The Hall–Kier alpha value is -2.32. The maximum Gasteiger partial charge on any atom is 0.343 e. The highest BCUT2D eigenvalue weighted by Gasteiger charge is 2.17. The van der Waals surface area contributed by atoms with Crippen LogP contribution in [0.25, 0.3) is 10.9 Å². The third-order valence-electron chi connectivity index (χ3n) is 3.96. The zero-order valence-electron chi connectivity index (χ0n) is 14.2. The van der Waals surface area contributed by atoms with Crippen LogP contribution in [0, 0.1) is 6.92 Å². The molecule has 0 fully saturated rings. The fourth-order valence-electron chi connectivity index (χ4n) is 2.82. The van der Waals surface area contributed by atoms with Gasteiger partial charge >= 0.3 is 5.69 Å². The van der Waals surface area contributed by atoms with Crippen molar-refractivity contribution in [3.8, 4) is 0 Å². The Morgan fingerprint density at radius 1 is 1.36 bits per heavy atom. The van der Waals surface area contributed by atoms with E-state index in [1.165, 1.54) is 11.8 Å². The average Bonchev–Trinajstić information content (AvgIpc) is 3.12. The monoisotopic (exact) mass is 360 g/mol. The Morgan fingerprint density at radius 3 is 2.96 bits per heavy atom. The summed E-state index contributed by atoms with van der Waals surface area (Å²) >= 11 is 1.27. The summed E-state index contributed by atoms with van der Waals surface area (Å²) in [6.45, 7) is 2.97. The number of thioether (sulfide) groups is 1. The third-order valence-corrected chi connectivity index (χ3v) is 4.93. The highest BCUT2D eigenvalue weighted by molar-refractivity contribution is 7.99. The summed E-state index contributed by atoms with van der Waals surface area (Å²) in [5.74, 6) is 0.232. The lowest BCUT2D eigenvalue weighted by atomic mass is 10.1. The molecule has 2 aromatic heterocycles. The third kappa shape index (κ3) is 3.69. The van der Waals surface area contributed by atoms with E-state index in [0.29, 0.717) is 30.3 Å². The van der Waals surface area contributed by atoms with Gasteiger partial charge in [0.15, 0.2) is 10.9 Å². The van der Waals surface area contributed by atoms with Crippen LogP contribution in [0.5, 0.6) is 0 Å². The molecule has 0 aliphatic rings. The highest BCUT2D eigenvalue weighted by Crippen LogP contribution is 2.24. The van der Waals surface area contributed by atoms with Crippen LogP contribution in [0.3, 0.4) is 0 Å². The molecule has 0 aliphatic carbocycles. The van der Waals surface area contributed by atoms with E-state index in [4.69, 9.17) is 4.74 Å². The number of benzene rings is 1. The minimum atomic E-state index is -0.269. The predicted octanol–water partition coefficient (Wildman–Crippen LogP) is 2.37. The fraction of sp³-hybridized carbons (Fsp3) is 0.353. The first-order chi connectivity index (χ1) is 12.1. The van der Waals surface area contributed by atoms with Crippen LogP contribution >= 0.6 is 11.8 Å². The number of hydrogen-bond acceptors (Lipinski definition) is 5. The molecule has 7 nitrogen and oxygen atoms in total. The quantitative estimate of drug-likeness (QED) is 0.365. The zero-order valence-corrected chi connectivity index (χ0v) is 15.0. The topological polar surface area (TPSA) is 92.8 Å². The van der Waals surface area contributed by atoms with Gasteiger partial charge in [-0.2, -0.15) is 0 Å². The Labute approximate surface area is 148 Å². The van der Waals surface area contributed by atoms with Gasteiger partial charge in [-0.05, 0) is 19.4 Å². The lowest BCUT2D eigenvalue weighted by Crippen LogP contribution is -2.18. The zero-order chi connectivity index (χ0) is 17.8. The maximum absolute atomic E-state index is 12.7. The van der Waals surface area contributed by atoms with Crippen molar-refractivity contribution in [2.75, 3.05) is 19.5 Å². The molecule has 1 aromatic carbocycles. The summed E-state index contributed by atoms with van der Waals surface area (Å²) in [6, 6.07) is 7.74. The van der Waals surface area contributed by atoms with Crippen LogP contribution in [0.1, 0.15) is 22.5 Å². The van der Waals surface area contributed by atoms with Gasteiger partial charge in [0.1, 0.15) is 0 Å². The van der Waals surface area contributed by atoms with Crippen molar-refractivity contribution < 1.29 is 9.53 Å². The van der Waals surface area contributed by atoms with Crippen LogP contribution in [0.15, 0.2) is 34.2 Å². The molecule has 2 heterocycles. The first kappa shape index (κ1) is 17.5. The highest BCUT2D eigenvalue weighted by atomic mass is 32.2. The van der Waals surface area contributed by atoms with Crippen molar-refractivity contribution >= 4 is 28.4 Å². The normalized spacial score (nSPS) is 11.3. The van der Waals surface area contributed by atoms with Crippen molar-refractivity contribution in [1.29, 1.82) is 0 Å². The Balaban J connectivity index is 1.74. The minimum absolute atomic E-state index is 0.0128. The number of rotatable bonds is 8. The second-order valence-corrected chi connectivity index (χ2v) is 6.63. The largest absolute Gasteiger partial charge is 0.385 e. The lowest BCUT2D eigenvalue weighted by molar-refractivity contribution is 0.102. The molecule has 25 heavy (non-hydrogen) atoms. The average molecular weight is 360 g/mol. The number of ketones is 1. The minimum Gasteiger partial charge on any atom is -0.385 e. The van der Waals surface area contributed by atoms with Crippen molar-refractivity contribution in [3.63, 3.8) is 0 Å². The second-order valence-electron chi connectivity index (χ2n) is 5.69. The van der Waals surface area contributed by atoms with Crippen molar-refractivity contribution in [2.45, 2.75) is 25.0 Å². The van der Waals surface area contributed by atoms with Gasteiger partial charge in [0.05, 0.1) is 5.75 Å². The number of H-pyrrole nitrogens is 2. The van der Waals surface area contributed by atoms with E-state index in [0.717, 1.165) is 16.6 Å². The van der Waals surface area contributed by atoms with E-state index in [-0.39, 0.29) is 17.2 Å². The van der Waals surface area contributed by atoms with Gasteiger partial charge in [-0.25, -0.2) is 9.89 Å². The first-order valence-electron chi connectivity index (χ1n) is 7.99. The van der Waals surface area contributed by atoms with Crippen LogP contribution in [-0.2, 0) is 11.3 Å². The number of para-hydroxylation sites is 1. The number of aromatic amines is 2. The number of hydrogen-bond donors (Lipinski definition) is 2. The van der Waals surface area contributed by atoms with Crippen LogP contribution in [0.2, 0.25) is 0 Å². The second kappa shape index (κ2) is 7.71. The van der Waals surface area contributed by atoms with Crippen molar-refractivity contribution in [2.24, 2.45) is 0 Å². The number of methoxy groups -OCH3 is 1. The van der Waals surface area contributed by atoms with Gasteiger partial charge in [-0.3, -0.25) is 9.36 Å². The number of Topliss-reactive ketones (excluding diaryl/α,β-unsaturated/α-hetero) is 1. The van der Waals surface area contributed by atoms with Gasteiger partial charge < -0.3 is 9.72 Å². The lowest BCUT2D eigenvalue weighted by Gasteiger charge is -2.05. The number of nitrogens with one attached hydrogen (secondary N) is 2. The molecule has 0 spiro atoms. The van der Waals surface area contributed by atoms with E-state index in [2.05, 4.69) is 15.2 Å². The number of carbonyl (C=O) groups excluding carboxylic acids is 1. The fourth-order valence-corrected chi connectivity index (χ4v) is 3.66. The number of carbonyl (C=O) groups is 1. The molecule has 0 saturated heterocycles. The molecule has 132 valence electrons. The van der Waals surface area contributed by atoms with Crippen LogP contribution < -0.4 is 5.69 Å². The van der Waals surface area contributed by atoms with Gasteiger partial charge in [0, 0.05) is 42.4 Å². The number of fused-ring (bicyclic) bond motifs is 1. The first-order valence-corrected chi connectivity index (χ1v) is 8.98. The Morgan fingerprint density at radius 2 is 2.16 bits per heavy atom. The summed E-state index contributed by atoms with van der Waals surface area (Å²) in [4.78, 5) is 27.8. The van der Waals surface area contributed by atoms with Crippen molar-refractivity contribution in [1.82, 2.24) is 19.7 Å². The summed E-state index contributed by atoms with van der Waals surface area (Å²) in [5, 5.41) is 7.90. The van der Waals surface area contributed by atoms with Crippen LogP contribution in [0.4, 0.5) is 0 Å². The summed E-state index contributed by atoms with van der Waals surface area (Å²) in [6.07, 6.45) is 0.707. The molecule has 3 aromatic rings. The Kier molecular flexibility index (Phi) is 5.40. The predicted molar refractivity (Wildman–Crippen MR) is 97.4 cm³/mol. The number of aromatic nitrogens is 4. The van der Waals surface area contributed by atoms with E-state index >= 15 is 0 Å². The maximum atomic E-state index is 12.7. The molecule has 0 saturated carbocycles. The van der Waals surface area contributed by atoms with E-state index < -0.39 is 0 Å². The SMILES string of the molecule is COCCCn1c(SCC(=O)c2c(C)[nH]c3ccccc23)n[nH]c1=O. The molecule has 0 unspecified atom stereocenters. The molecular formula is C17H20N4O3S. The molecule has 0 radical (unpaired) electrons. The van der Waals surface area contributed by atoms with Crippen molar-refractivity contribution in [3.05, 3.63) is 46.0 Å². The summed E-state index contributed by atoms with van der Waals surface area (Å²) in [5.41, 5.74) is 2.23. The van der Waals surface area contributed by atoms with Gasteiger partial charge in [-0.1, -0.05) is 30.0 Å².